The Kier molecular flexibility index (Phi) is 4.99. The Balaban J connectivity index is 2.05. The highest BCUT2D eigenvalue weighted by Gasteiger charge is 2.12. The summed E-state index contributed by atoms with van der Waals surface area (Å²) in [7, 11) is 3.87. The molecule has 0 spiro atoms. The first kappa shape index (κ1) is 15.1. The minimum atomic E-state index is 0.0459. The molecular formula is C18H22N2O. The van der Waals surface area contributed by atoms with E-state index in [-0.39, 0.29) is 5.91 Å². The second kappa shape index (κ2) is 6.93. The molecule has 0 aliphatic rings. The van der Waals surface area contributed by atoms with Gasteiger partial charge in [-0.25, -0.2) is 0 Å². The number of amides is 1. The van der Waals surface area contributed by atoms with Gasteiger partial charge in [-0.2, -0.15) is 0 Å². The third-order valence-corrected chi connectivity index (χ3v) is 3.64. The summed E-state index contributed by atoms with van der Waals surface area (Å²) in [6.07, 6.45) is 0. The number of carbonyl (C=O) groups excluding carboxylic acids is 1. The van der Waals surface area contributed by atoms with Gasteiger partial charge in [0.2, 0.25) is 0 Å². The summed E-state index contributed by atoms with van der Waals surface area (Å²) in [6, 6.07) is 17.8. The molecule has 0 bridgehead atoms. The number of carbonyl (C=O) groups is 1. The number of hydrogen-bond acceptors (Lipinski definition) is 2. The first-order valence-corrected chi connectivity index (χ1v) is 7.22. The highest BCUT2D eigenvalue weighted by atomic mass is 16.2. The summed E-state index contributed by atoms with van der Waals surface area (Å²) >= 11 is 0. The van der Waals surface area contributed by atoms with Crippen molar-refractivity contribution in [1.82, 2.24) is 4.90 Å². The molecule has 0 unspecified atom stereocenters. The Morgan fingerprint density at radius 1 is 0.952 bits per heavy atom. The molecule has 21 heavy (non-hydrogen) atoms. The molecule has 0 fully saturated rings. The highest BCUT2D eigenvalue weighted by Crippen LogP contribution is 2.15. The Labute approximate surface area is 126 Å². The molecule has 0 aromatic heterocycles. The molecule has 2 aromatic rings. The number of benzene rings is 2. The van der Waals surface area contributed by atoms with E-state index in [0.717, 1.165) is 23.4 Å². The van der Waals surface area contributed by atoms with Crippen molar-refractivity contribution in [2.75, 3.05) is 25.5 Å². The molecule has 0 N–H and O–H groups in total. The van der Waals surface area contributed by atoms with E-state index >= 15 is 0 Å². The lowest BCUT2D eigenvalue weighted by Gasteiger charge is -2.19. The monoisotopic (exact) mass is 282 g/mol. The van der Waals surface area contributed by atoms with Gasteiger partial charge in [0.1, 0.15) is 0 Å². The Morgan fingerprint density at radius 3 is 2.14 bits per heavy atom. The number of rotatable bonds is 5. The first-order chi connectivity index (χ1) is 10.1. The summed E-state index contributed by atoms with van der Waals surface area (Å²) in [5, 5.41) is 0. The number of nitrogens with zero attached hydrogens (tertiary/aromatic N) is 2. The molecule has 0 atom stereocenters. The summed E-state index contributed by atoms with van der Waals surface area (Å²) < 4.78 is 0. The Hall–Kier alpha value is -2.29. The van der Waals surface area contributed by atoms with Gasteiger partial charge in [-0.3, -0.25) is 4.79 Å². The fourth-order valence-corrected chi connectivity index (χ4v) is 2.19. The van der Waals surface area contributed by atoms with Crippen molar-refractivity contribution in [2.24, 2.45) is 0 Å². The number of hydrogen-bond donors (Lipinski definition) is 0. The van der Waals surface area contributed by atoms with Gasteiger partial charge in [0, 0.05) is 38.4 Å². The molecule has 0 aliphatic carbocycles. The van der Waals surface area contributed by atoms with Crippen LogP contribution in [0.4, 0.5) is 5.69 Å². The third kappa shape index (κ3) is 3.85. The van der Waals surface area contributed by atoms with Crippen LogP contribution in [0.2, 0.25) is 0 Å². The molecule has 0 aliphatic heterocycles. The van der Waals surface area contributed by atoms with Crippen molar-refractivity contribution in [3.05, 3.63) is 65.7 Å². The quantitative estimate of drug-likeness (QED) is 0.839. The van der Waals surface area contributed by atoms with E-state index in [4.69, 9.17) is 0 Å². The van der Waals surface area contributed by atoms with E-state index in [0.29, 0.717) is 6.54 Å². The summed E-state index contributed by atoms with van der Waals surface area (Å²) in [4.78, 5) is 16.3. The first-order valence-electron chi connectivity index (χ1n) is 7.22. The zero-order valence-electron chi connectivity index (χ0n) is 12.9. The van der Waals surface area contributed by atoms with Gasteiger partial charge in [-0.05, 0) is 36.8 Å². The summed E-state index contributed by atoms with van der Waals surface area (Å²) in [6.45, 7) is 3.67. The maximum Gasteiger partial charge on any atom is 0.253 e. The van der Waals surface area contributed by atoms with Crippen LogP contribution >= 0.6 is 0 Å². The van der Waals surface area contributed by atoms with Crippen LogP contribution < -0.4 is 4.90 Å². The molecule has 0 radical (unpaired) electrons. The predicted octanol–water partition coefficient (Wildman–Crippen LogP) is 3.41. The molecule has 1 amide bonds. The standard InChI is InChI=1S/C18H22N2O/c1-4-19(2)17-12-10-16(11-13-17)18(21)20(3)14-15-8-6-5-7-9-15/h5-13H,4,14H2,1-3H3. The second-order valence-electron chi connectivity index (χ2n) is 5.21. The van der Waals surface area contributed by atoms with Gasteiger partial charge in [-0.15, -0.1) is 0 Å². The number of anilines is 1. The van der Waals surface area contributed by atoms with Gasteiger partial charge in [0.25, 0.3) is 5.91 Å². The SMILES string of the molecule is CCN(C)c1ccc(C(=O)N(C)Cc2ccccc2)cc1. The molecule has 0 saturated carbocycles. The fourth-order valence-electron chi connectivity index (χ4n) is 2.19. The smallest absolute Gasteiger partial charge is 0.253 e. The van der Waals surface area contributed by atoms with Crippen molar-refractivity contribution in [3.63, 3.8) is 0 Å². The molecule has 3 heteroatoms. The van der Waals surface area contributed by atoms with Crippen LogP contribution in [0.25, 0.3) is 0 Å². The maximum absolute atomic E-state index is 12.4. The van der Waals surface area contributed by atoms with Gasteiger partial charge in [-0.1, -0.05) is 30.3 Å². The van der Waals surface area contributed by atoms with Gasteiger partial charge in [0.05, 0.1) is 0 Å². The van der Waals surface area contributed by atoms with Crippen LogP contribution in [0.3, 0.4) is 0 Å². The van der Waals surface area contributed by atoms with Gasteiger partial charge >= 0.3 is 0 Å². The van der Waals surface area contributed by atoms with Crippen LogP contribution in [0.15, 0.2) is 54.6 Å². The molecule has 2 aromatic carbocycles. The van der Waals surface area contributed by atoms with E-state index in [1.54, 1.807) is 4.90 Å². The minimum absolute atomic E-state index is 0.0459. The van der Waals surface area contributed by atoms with Crippen LogP contribution in [-0.4, -0.2) is 31.4 Å². The lowest BCUT2D eigenvalue weighted by molar-refractivity contribution is 0.0785. The van der Waals surface area contributed by atoms with Crippen molar-refractivity contribution in [2.45, 2.75) is 13.5 Å². The molecule has 2 rings (SSSR count). The largest absolute Gasteiger partial charge is 0.375 e. The normalized spacial score (nSPS) is 10.2. The van der Waals surface area contributed by atoms with Crippen molar-refractivity contribution < 1.29 is 4.79 Å². The zero-order chi connectivity index (χ0) is 15.2. The van der Waals surface area contributed by atoms with Crippen LogP contribution in [0, 0.1) is 0 Å². The van der Waals surface area contributed by atoms with E-state index in [9.17, 15) is 4.79 Å². The molecule has 3 nitrogen and oxygen atoms in total. The van der Waals surface area contributed by atoms with E-state index in [1.807, 2.05) is 68.7 Å². The van der Waals surface area contributed by atoms with Crippen molar-refractivity contribution in [1.29, 1.82) is 0 Å². The average molecular weight is 282 g/mol. The lowest BCUT2D eigenvalue weighted by Crippen LogP contribution is -2.26. The lowest BCUT2D eigenvalue weighted by atomic mass is 10.1. The van der Waals surface area contributed by atoms with Crippen LogP contribution in [0.1, 0.15) is 22.8 Å². The minimum Gasteiger partial charge on any atom is -0.375 e. The van der Waals surface area contributed by atoms with Crippen molar-refractivity contribution in [3.8, 4) is 0 Å². The molecule has 110 valence electrons. The van der Waals surface area contributed by atoms with Crippen LogP contribution in [0.5, 0.6) is 0 Å². The molecular weight excluding hydrogens is 260 g/mol. The highest BCUT2D eigenvalue weighted by molar-refractivity contribution is 5.94. The second-order valence-corrected chi connectivity index (χ2v) is 5.21. The molecule has 0 saturated heterocycles. The summed E-state index contributed by atoms with van der Waals surface area (Å²) in [5.74, 6) is 0.0459. The van der Waals surface area contributed by atoms with Gasteiger partial charge < -0.3 is 9.80 Å². The van der Waals surface area contributed by atoms with E-state index in [2.05, 4.69) is 11.8 Å². The summed E-state index contributed by atoms with van der Waals surface area (Å²) in [5.41, 5.74) is 2.98. The molecule has 0 heterocycles. The van der Waals surface area contributed by atoms with Gasteiger partial charge in [0.15, 0.2) is 0 Å². The van der Waals surface area contributed by atoms with Crippen molar-refractivity contribution >= 4 is 11.6 Å². The topological polar surface area (TPSA) is 23.6 Å². The average Bonchev–Trinajstić information content (AvgIpc) is 2.54. The fraction of sp³-hybridized carbons (Fsp3) is 0.278. The Bertz CT molecular complexity index is 578. The predicted molar refractivity (Wildman–Crippen MR) is 87.6 cm³/mol. The zero-order valence-corrected chi connectivity index (χ0v) is 12.9. The van der Waals surface area contributed by atoms with E-state index in [1.165, 1.54) is 0 Å². The van der Waals surface area contributed by atoms with Crippen LogP contribution in [-0.2, 0) is 6.54 Å². The Morgan fingerprint density at radius 2 is 1.57 bits per heavy atom. The third-order valence-electron chi connectivity index (χ3n) is 3.64. The maximum atomic E-state index is 12.4. The van der Waals surface area contributed by atoms with E-state index < -0.39 is 0 Å².